The standard InChI is InChI=1S/C16H27N3OS.HI/c1-16(2,21-6)12-18-15(17-3)19(4)11-13-9-7-8-10-14(13)20-5;/h7-10H,11-12H2,1-6H3,(H,17,18);1H. The van der Waals surface area contributed by atoms with E-state index < -0.39 is 0 Å². The zero-order valence-corrected chi connectivity index (χ0v) is 17.5. The molecule has 0 heterocycles. The topological polar surface area (TPSA) is 36.9 Å². The smallest absolute Gasteiger partial charge is 0.193 e. The van der Waals surface area contributed by atoms with Crippen LogP contribution in [-0.4, -0.2) is 49.6 Å². The number of hydrogen-bond acceptors (Lipinski definition) is 3. The molecule has 6 heteroatoms. The lowest BCUT2D eigenvalue weighted by molar-refractivity contribution is 0.395. The molecule has 0 saturated heterocycles. The maximum atomic E-state index is 5.40. The molecule has 1 rings (SSSR count). The van der Waals surface area contributed by atoms with Gasteiger partial charge in [-0.3, -0.25) is 4.99 Å². The van der Waals surface area contributed by atoms with Gasteiger partial charge in [0.1, 0.15) is 5.75 Å². The highest BCUT2D eigenvalue weighted by molar-refractivity contribution is 14.0. The summed E-state index contributed by atoms with van der Waals surface area (Å²) >= 11 is 1.85. The molecule has 0 aliphatic rings. The van der Waals surface area contributed by atoms with Crippen molar-refractivity contribution in [3.05, 3.63) is 29.8 Å². The van der Waals surface area contributed by atoms with Gasteiger partial charge in [0, 0.05) is 37.5 Å². The van der Waals surface area contributed by atoms with E-state index in [0.717, 1.165) is 30.4 Å². The first-order valence-electron chi connectivity index (χ1n) is 7.02. The van der Waals surface area contributed by atoms with Crippen LogP contribution >= 0.6 is 35.7 Å². The third kappa shape index (κ3) is 6.64. The Balaban J connectivity index is 0.00000441. The highest BCUT2D eigenvalue weighted by Crippen LogP contribution is 2.20. The minimum absolute atomic E-state index is 0. The van der Waals surface area contributed by atoms with Gasteiger partial charge in [0.2, 0.25) is 0 Å². The minimum atomic E-state index is 0. The van der Waals surface area contributed by atoms with Crippen LogP contribution in [0.25, 0.3) is 0 Å². The molecule has 126 valence electrons. The first-order chi connectivity index (χ1) is 9.93. The van der Waals surface area contributed by atoms with Crippen molar-refractivity contribution >= 4 is 41.7 Å². The van der Waals surface area contributed by atoms with Crippen molar-refractivity contribution in [3.63, 3.8) is 0 Å². The average molecular weight is 437 g/mol. The van der Waals surface area contributed by atoms with Crippen LogP contribution in [0.3, 0.4) is 0 Å². The van der Waals surface area contributed by atoms with Crippen LogP contribution in [0.4, 0.5) is 0 Å². The number of methoxy groups -OCH3 is 1. The van der Waals surface area contributed by atoms with E-state index in [1.807, 2.05) is 44.1 Å². The molecule has 1 N–H and O–H groups in total. The van der Waals surface area contributed by atoms with Crippen molar-refractivity contribution in [2.24, 2.45) is 4.99 Å². The van der Waals surface area contributed by atoms with Crippen LogP contribution in [0.15, 0.2) is 29.3 Å². The van der Waals surface area contributed by atoms with Crippen LogP contribution in [0.2, 0.25) is 0 Å². The van der Waals surface area contributed by atoms with Crippen molar-refractivity contribution in [2.75, 3.05) is 34.0 Å². The summed E-state index contributed by atoms with van der Waals surface area (Å²) in [5.41, 5.74) is 1.15. The number of aliphatic imine (C=N–C) groups is 1. The molecule has 0 amide bonds. The Labute approximate surface area is 156 Å². The van der Waals surface area contributed by atoms with E-state index >= 15 is 0 Å². The number of thioether (sulfide) groups is 1. The maximum absolute atomic E-state index is 5.40. The Bertz CT molecular complexity index is 480. The van der Waals surface area contributed by atoms with Crippen molar-refractivity contribution in [3.8, 4) is 5.75 Å². The second kappa shape index (κ2) is 10.2. The third-order valence-corrected chi connectivity index (χ3v) is 4.65. The van der Waals surface area contributed by atoms with E-state index in [1.165, 1.54) is 0 Å². The third-order valence-electron chi connectivity index (χ3n) is 3.40. The number of nitrogens with zero attached hydrogens (tertiary/aromatic N) is 2. The molecule has 0 aliphatic carbocycles. The molecule has 4 nitrogen and oxygen atoms in total. The number of ether oxygens (including phenoxy) is 1. The van der Waals surface area contributed by atoms with Gasteiger partial charge in [-0.1, -0.05) is 18.2 Å². The summed E-state index contributed by atoms with van der Waals surface area (Å²) in [6, 6.07) is 8.07. The Hall–Kier alpha value is -0.630. The summed E-state index contributed by atoms with van der Waals surface area (Å²) < 4.78 is 5.58. The predicted octanol–water partition coefficient (Wildman–Crippen LogP) is 3.46. The fraction of sp³-hybridized carbons (Fsp3) is 0.562. The second-order valence-corrected chi connectivity index (χ2v) is 7.05. The monoisotopic (exact) mass is 437 g/mol. The van der Waals surface area contributed by atoms with Gasteiger partial charge in [-0.05, 0) is 26.2 Å². The lowest BCUT2D eigenvalue weighted by Crippen LogP contribution is -2.43. The molecule has 0 radical (unpaired) electrons. The van der Waals surface area contributed by atoms with Crippen LogP contribution in [0.5, 0.6) is 5.75 Å². The summed E-state index contributed by atoms with van der Waals surface area (Å²) in [6.07, 6.45) is 2.13. The first kappa shape index (κ1) is 21.4. The van der Waals surface area contributed by atoms with E-state index in [1.54, 1.807) is 7.11 Å². The number of halogens is 1. The van der Waals surface area contributed by atoms with Gasteiger partial charge in [0.25, 0.3) is 0 Å². The normalized spacial score (nSPS) is 11.6. The highest BCUT2D eigenvalue weighted by atomic mass is 127. The van der Waals surface area contributed by atoms with E-state index in [9.17, 15) is 0 Å². The van der Waals surface area contributed by atoms with E-state index in [4.69, 9.17) is 4.74 Å². The van der Waals surface area contributed by atoms with Crippen LogP contribution in [0, 0.1) is 0 Å². The molecular formula is C16H28IN3OS. The SMILES string of the molecule is CN=C(NCC(C)(C)SC)N(C)Cc1ccccc1OC.I. The summed E-state index contributed by atoms with van der Waals surface area (Å²) in [6.45, 7) is 6.07. The first-order valence-corrected chi connectivity index (χ1v) is 8.25. The molecule has 0 unspecified atom stereocenters. The molecule has 0 saturated carbocycles. The second-order valence-electron chi connectivity index (χ2n) is 5.53. The number of guanidine groups is 1. The molecule has 22 heavy (non-hydrogen) atoms. The maximum Gasteiger partial charge on any atom is 0.193 e. The van der Waals surface area contributed by atoms with Gasteiger partial charge in [-0.2, -0.15) is 11.8 Å². The number of para-hydroxylation sites is 1. The molecule has 1 aromatic rings. The fourth-order valence-corrected chi connectivity index (χ4v) is 2.13. The van der Waals surface area contributed by atoms with Gasteiger partial charge >= 0.3 is 0 Å². The summed E-state index contributed by atoms with van der Waals surface area (Å²) in [5, 5.41) is 3.43. The van der Waals surface area contributed by atoms with Gasteiger partial charge in [0.15, 0.2) is 5.96 Å². The van der Waals surface area contributed by atoms with E-state index in [0.29, 0.717) is 0 Å². The summed E-state index contributed by atoms with van der Waals surface area (Å²) in [7, 11) is 5.55. The minimum Gasteiger partial charge on any atom is -0.496 e. The zero-order chi connectivity index (χ0) is 15.9. The predicted molar refractivity (Wildman–Crippen MR) is 109 cm³/mol. The highest BCUT2D eigenvalue weighted by Gasteiger charge is 2.17. The lowest BCUT2D eigenvalue weighted by atomic mass is 10.2. The van der Waals surface area contributed by atoms with Crippen molar-refractivity contribution in [1.29, 1.82) is 0 Å². The number of benzene rings is 1. The number of hydrogen-bond donors (Lipinski definition) is 1. The van der Waals surface area contributed by atoms with Crippen LogP contribution in [-0.2, 0) is 6.54 Å². The Kier molecular flexibility index (Phi) is 9.91. The molecule has 0 atom stereocenters. The zero-order valence-electron chi connectivity index (χ0n) is 14.3. The molecule has 0 aromatic heterocycles. The van der Waals surface area contributed by atoms with Gasteiger partial charge in [0.05, 0.1) is 7.11 Å². The van der Waals surface area contributed by atoms with Gasteiger partial charge < -0.3 is 15.0 Å². The van der Waals surface area contributed by atoms with E-state index in [2.05, 4.69) is 41.4 Å². The summed E-state index contributed by atoms with van der Waals surface area (Å²) in [4.78, 5) is 6.46. The van der Waals surface area contributed by atoms with Gasteiger partial charge in [-0.15, -0.1) is 24.0 Å². The average Bonchev–Trinajstić information content (AvgIpc) is 2.48. The van der Waals surface area contributed by atoms with Gasteiger partial charge in [-0.25, -0.2) is 0 Å². The Morgan fingerprint density at radius 2 is 2.00 bits per heavy atom. The fourth-order valence-electron chi connectivity index (χ4n) is 1.91. The van der Waals surface area contributed by atoms with Crippen molar-refractivity contribution in [1.82, 2.24) is 10.2 Å². The molecule has 1 aromatic carbocycles. The Morgan fingerprint density at radius 3 is 2.55 bits per heavy atom. The number of nitrogens with one attached hydrogen (secondary N) is 1. The molecule has 0 aliphatic heterocycles. The van der Waals surface area contributed by atoms with Crippen molar-refractivity contribution in [2.45, 2.75) is 25.1 Å². The molecular weight excluding hydrogens is 409 g/mol. The van der Waals surface area contributed by atoms with E-state index in [-0.39, 0.29) is 28.7 Å². The Morgan fingerprint density at radius 1 is 1.36 bits per heavy atom. The molecule has 0 spiro atoms. The quantitative estimate of drug-likeness (QED) is 0.420. The molecule has 0 fully saturated rings. The number of rotatable bonds is 6. The molecule has 0 bridgehead atoms. The largest absolute Gasteiger partial charge is 0.496 e. The van der Waals surface area contributed by atoms with Crippen LogP contribution in [0.1, 0.15) is 19.4 Å². The summed E-state index contributed by atoms with van der Waals surface area (Å²) in [5.74, 6) is 1.80. The van der Waals surface area contributed by atoms with Crippen molar-refractivity contribution < 1.29 is 4.74 Å². The van der Waals surface area contributed by atoms with Crippen LogP contribution < -0.4 is 10.1 Å². The lowest BCUT2D eigenvalue weighted by Gasteiger charge is -2.27.